The molecule has 1 fully saturated rings. The van der Waals surface area contributed by atoms with Gasteiger partial charge >= 0.3 is 19.3 Å². The fourth-order valence-corrected chi connectivity index (χ4v) is 3.91. The summed E-state index contributed by atoms with van der Waals surface area (Å²) in [5.74, 6) is -1.20. The molecule has 1 saturated heterocycles. The maximum absolute atomic E-state index is 14.0. The van der Waals surface area contributed by atoms with E-state index in [2.05, 4.69) is 10.1 Å². The molecule has 0 spiro atoms. The van der Waals surface area contributed by atoms with Gasteiger partial charge in [-0.1, -0.05) is 29.8 Å². The molecule has 7 nitrogen and oxygen atoms in total. The number of nitrogens with zero attached hydrogens (tertiary/aromatic N) is 3. The topological polar surface area (TPSA) is 75.5 Å². The fraction of sp³-hybridized carbons (Fsp3) is 0.400. The normalized spacial score (nSPS) is 16.9. The quantitative estimate of drug-likeness (QED) is 0.372. The van der Waals surface area contributed by atoms with Crippen LogP contribution in [0.5, 0.6) is 0 Å². The van der Waals surface area contributed by atoms with Crippen LogP contribution in [0.2, 0.25) is 0 Å². The first-order valence-corrected chi connectivity index (χ1v) is 11.5. The zero-order chi connectivity index (χ0) is 26.5. The average Bonchev–Trinajstić information content (AvgIpc) is 3.33. The van der Waals surface area contributed by atoms with E-state index in [-0.39, 0.29) is 12.4 Å². The van der Waals surface area contributed by atoms with Crippen LogP contribution in [0, 0.1) is 6.92 Å². The van der Waals surface area contributed by atoms with Crippen LogP contribution in [0.25, 0.3) is 17.1 Å². The zero-order valence-electron chi connectivity index (χ0n) is 20.9. The number of aromatic nitrogens is 3. The van der Waals surface area contributed by atoms with Crippen LogP contribution in [0.1, 0.15) is 56.2 Å². The third-order valence-electron chi connectivity index (χ3n) is 6.48. The Labute approximate surface area is 207 Å². The molecular weight excluding hydrogens is 474 g/mol. The zero-order valence-corrected chi connectivity index (χ0v) is 20.9. The molecule has 4 rings (SSSR count). The van der Waals surface area contributed by atoms with Crippen molar-refractivity contribution in [2.24, 2.45) is 0 Å². The lowest BCUT2D eigenvalue weighted by molar-refractivity contribution is -0.143. The monoisotopic (exact) mass is 501 g/mol. The number of halogens is 3. The number of ether oxygens (including phenoxy) is 1. The van der Waals surface area contributed by atoms with E-state index < -0.39 is 41.7 Å². The van der Waals surface area contributed by atoms with Crippen molar-refractivity contribution in [2.45, 2.75) is 58.9 Å². The molecule has 190 valence electrons. The van der Waals surface area contributed by atoms with Gasteiger partial charge in [0.1, 0.15) is 5.56 Å². The van der Waals surface area contributed by atoms with Crippen LogP contribution in [-0.4, -0.2) is 45.7 Å². The van der Waals surface area contributed by atoms with Crippen LogP contribution in [0.15, 0.2) is 42.6 Å². The summed E-state index contributed by atoms with van der Waals surface area (Å²) < 4.78 is 59.8. The number of rotatable bonds is 5. The highest BCUT2D eigenvalue weighted by atomic mass is 19.4. The van der Waals surface area contributed by atoms with Crippen molar-refractivity contribution in [2.75, 3.05) is 6.61 Å². The number of carbonyl (C=O) groups is 1. The number of hydrogen-bond acceptors (Lipinski definition) is 6. The van der Waals surface area contributed by atoms with Gasteiger partial charge in [0.2, 0.25) is 0 Å². The number of carbonyl (C=O) groups excluding carboxylic acids is 1. The second-order valence-electron chi connectivity index (χ2n) is 9.60. The van der Waals surface area contributed by atoms with Gasteiger partial charge in [0.05, 0.1) is 29.7 Å². The Balaban J connectivity index is 1.82. The van der Waals surface area contributed by atoms with Gasteiger partial charge in [0, 0.05) is 5.56 Å². The van der Waals surface area contributed by atoms with Gasteiger partial charge in [0.15, 0.2) is 11.5 Å². The van der Waals surface area contributed by atoms with Crippen molar-refractivity contribution in [1.82, 2.24) is 14.8 Å². The number of esters is 1. The predicted octanol–water partition coefficient (Wildman–Crippen LogP) is 4.74. The fourth-order valence-electron chi connectivity index (χ4n) is 3.91. The summed E-state index contributed by atoms with van der Waals surface area (Å²) in [4.78, 5) is 16.6. The smallest absolute Gasteiger partial charge is 0.462 e. The molecule has 3 heterocycles. The molecule has 2 aromatic heterocycles. The molecule has 0 bridgehead atoms. The first-order valence-electron chi connectivity index (χ1n) is 11.5. The van der Waals surface area contributed by atoms with Crippen molar-refractivity contribution in [1.29, 1.82) is 0 Å². The minimum Gasteiger partial charge on any atom is -0.462 e. The van der Waals surface area contributed by atoms with Crippen molar-refractivity contribution in [3.8, 4) is 17.1 Å². The molecule has 0 aliphatic carbocycles. The number of aryl methyl sites for hydroxylation is 1. The van der Waals surface area contributed by atoms with Gasteiger partial charge in [-0.2, -0.15) is 18.3 Å². The Bertz CT molecular complexity index is 1290. The molecule has 0 radical (unpaired) electrons. The van der Waals surface area contributed by atoms with Gasteiger partial charge < -0.3 is 14.0 Å². The van der Waals surface area contributed by atoms with Crippen molar-refractivity contribution in [3.05, 3.63) is 59.4 Å². The molecule has 0 N–H and O–H groups in total. The molecule has 1 aliphatic rings. The Morgan fingerprint density at radius 2 is 1.78 bits per heavy atom. The molecule has 3 aromatic rings. The molecule has 1 aliphatic heterocycles. The largest absolute Gasteiger partial charge is 0.495 e. The minimum absolute atomic E-state index is 0.0654. The maximum Gasteiger partial charge on any atom is 0.495 e. The van der Waals surface area contributed by atoms with Crippen molar-refractivity contribution in [3.63, 3.8) is 0 Å². The molecule has 0 amide bonds. The SMILES string of the molecule is CCOC(=O)c1cnn(-c2cccc(-c3cc(C)ccc3B3OC(C)(C)C(C)(C)O3)n2)c1C(F)(F)F. The Hall–Kier alpha value is -3.18. The highest BCUT2D eigenvalue weighted by Crippen LogP contribution is 2.38. The van der Waals surface area contributed by atoms with Crippen LogP contribution in [0.4, 0.5) is 13.2 Å². The second kappa shape index (κ2) is 9.04. The summed E-state index contributed by atoms with van der Waals surface area (Å²) in [7, 11) is -0.693. The minimum atomic E-state index is -4.87. The van der Waals surface area contributed by atoms with Crippen LogP contribution in [0.3, 0.4) is 0 Å². The van der Waals surface area contributed by atoms with E-state index in [9.17, 15) is 18.0 Å². The number of benzene rings is 1. The van der Waals surface area contributed by atoms with Crippen LogP contribution in [-0.2, 0) is 20.2 Å². The van der Waals surface area contributed by atoms with E-state index in [1.165, 1.54) is 13.0 Å². The van der Waals surface area contributed by atoms with E-state index in [1.54, 1.807) is 12.1 Å². The van der Waals surface area contributed by atoms with Gasteiger partial charge in [-0.25, -0.2) is 14.5 Å². The van der Waals surface area contributed by atoms with Crippen molar-refractivity contribution >= 4 is 18.6 Å². The van der Waals surface area contributed by atoms with Crippen LogP contribution < -0.4 is 5.46 Å². The number of pyridine rings is 1. The average molecular weight is 501 g/mol. The molecular formula is C25H27BF3N3O4. The first-order chi connectivity index (χ1) is 16.7. The van der Waals surface area contributed by atoms with E-state index in [0.29, 0.717) is 21.4 Å². The highest BCUT2D eigenvalue weighted by Gasteiger charge is 2.52. The third-order valence-corrected chi connectivity index (χ3v) is 6.48. The van der Waals surface area contributed by atoms with Gasteiger partial charge in [-0.05, 0) is 59.1 Å². The summed E-state index contributed by atoms with van der Waals surface area (Å²) in [6, 6.07) is 10.3. The summed E-state index contributed by atoms with van der Waals surface area (Å²) in [6.45, 7) is 11.1. The lowest BCUT2D eigenvalue weighted by Gasteiger charge is -2.32. The number of alkyl halides is 3. The molecule has 0 saturated carbocycles. The van der Waals surface area contributed by atoms with Gasteiger partial charge in [-0.3, -0.25) is 0 Å². The summed E-state index contributed by atoms with van der Waals surface area (Å²) >= 11 is 0. The Morgan fingerprint density at radius 1 is 1.11 bits per heavy atom. The first kappa shape index (κ1) is 25.9. The van der Waals surface area contributed by atoms with Gasteiger partial charge in [-0.15, -0.1) is 0 Å². The highest BCUT2D eigenvalue weighted by molar-refractivity contribution is 6.63. The van der Waals surface area contributed by atoms with E-state index >= 15 is 0 Å². The molecule has 0 atom stereocenters. The third kappa shape index (κ3) is 4.65. The Morgan fingerprint density at radius 3 is 2.39 bits per heavy atom. The van der Waals surface area contributed by atoms with Crippen LogP contribution >= 0.6 is 0 Å². The predicted molar refractivity (Wildman–Crippen MR) is 128 cm³/mol. The second-order valence-corrected chi connectivity index (χ2v) is 9.60. The van der Waals surface area contributed by atoms with E-state index in [4.69, 9.17) is 14.0 Å². The summed E-state index contributed by atoms with van der Waals surface area (Å²) in [5.41, 5.74) is -0.385. The van der Waals surface area contributed by atoms with E-state index in [1.807, 2.05) is 52.8 Å². The maximum atomic E-state index is 14.0. The molecule has 1 aromatic carbocycles. The molecule has 36 heavy (non-hydrogen) atoms. The number of hydrogen-bond donors (Lipinski definition) is 0. The standard InChI is InChI=1S/C25H27BF3N3O4/c1-7-34-22(33)17-14-30-32(21(17)25(27,28)29)20-10-8-9-19(31-20)16-13-15(2)11-12-18(16)26-35-23(3,4)24(5,6)36-26/h8-14H,7H2,1-6H3. The molecule has 11 heteroatoms. The van der Waals surface area contributed by atoms with E-state index in [0.717, 1.165) is 11.8 Å². The lowest BCUT2D eigenvalue weighted by Crippen LogP contribution is -2.41. The molecule has 0 unspecified atom stereocenters. The Kier molecular flexibility index (Phi) is 6.51. The van der Waals surface area contributed by atoms with Gasteiger partial charge in [0.25, 0.3) is 0 Å². The van der Waals surface area contributed by atoms with Crippen molar-refractivity contribution < 1.29 is 32.0 Å². The summed E-state index contributed by atoms with van der Waals surface area (Å²) in [5, 5.41) is 3.83. The lowest BCUT2D eigenvalue weighted by atomic mass is 9.74. The summed E-state index contributed by atoms with van der Waals surface area (Å²) in [6.07, 6.45) is -4.02.